The third-order valence-electron chi connectivity index (χ3n) is 3.96. The summed E-state index contributed by atoms with van der Waals surface area (Å²) < 4.78 is 7.84. The van der Waals surface area contributed by atoms with Crippen LogP contribution in [0, 0.1) is 6.92 Å². The largest absolute Gasteiger partial charge is 0.496 e. The topological polar surface area (TPSA) is 69.0 Å². The number of thiazole rings is 1. The maximum atomic E-state index is 12.7. The van der Waals surface area contributed by atoms with E-state index in [1.165, 1.54) is 18.4 Å². The zero-order chi connectivity index (χ0) is 19.0. The fourth-order valence-electron chi connectivity index (χ4n) is 2.74. The van der Waals surface area contributed by atoms with Crippen LogP contribution in [0.1, 0.15) is 16.1 Å². The molecule has 0 atom stereocenters. The summed E-state index contributed by atoms with van der Waals surface area (Å²) in [5.41, 5.74) is 1.92. The first-order valence-electron chi connectivity index (χ1n) is 8.13. The van der Waals surface area contributed by atoms with Gasteiger partial charge in [-0.25, -0.2) is 4.98 Å². The molecule has 2 aromatic carbocycles. The molecule has 0 radical (unpaired) electrons. The Morgan fingerprint density at radius 2 is 2.04 bits per heavy atom. The highest BCUT2D eigenvalue weighted by molar-refractivity contribution is 7.20. The molecule has 1 amide bonds. The summed E-state index contributed by atoms with van der Waals surface area (Å²) in [6, 6.07) is 14.5. The molecule has 0 fully saturated rings. The molecule has 4 aromatic rings. The van der Waals surface area contributed by atoms with Crippen LogP contribution >= 0.6 is 22.9 Å². The van der Waals surface area contributed by atoms with Gasteiger partial charge in [-0.2, -0.15) is 9.78 Å². The van der Waals surface area contributed by atoms with Gasteiger partial charge in [0.05, 0.1) is 28.1 Å². The summed E-state index contributed by atoms with van der Waals surface area (Å²) >= 11 is 7.68. The van der Waals surface area contributed by atoms with Crippen molar-refractivity contribution in [1.29, 1.82) is 0 Å². The molecule has 8 heteroatoms. The molecule has 0 aliphatic carbocycles. The van der Waals surface area contributed by atoms with Crippen molar-refractivity contribution in [3.8, 4) is 10.9 Å². The number of carbonyl (C=O) groups excluding carboxylic acids is 1. The molecule has 27 heavy (non-hydrogen) atoms. The van der Waals surface area contributed by atoms with Crippen molar-refractivity contribution in [3.05, 3.63) is 64.8 Å². The summed E-state index contributed by atoms with van der Waals surface area (Å²) in [4.78, 5) is 17.3. The van der Waals surface area contributed by atoms with Crippen LogP contribution in [0.4, 0.5) is 5.82 Å². The molecule has 0 saturated carbocycles. The molecular weight excluding hydrogens is 384 g/mol. The third kappa shape index (κ3) is 3.27. The fourth-order valence-corrected chi connectivity index (χ4v) is 3.98. The van der Waals surface area contributed by atoms with Gasteiger partial charge in [-0.15, -0.1) is 0 Å². The van der Waals surface area contributed by atoms with Crippen LogP contribution in [-0.4, -0.2) is 27.8 Å². The van der Waals surface area contributed by atoms with Crippen LogP contribution in [0.25, 0.3) is 15.3 Å². The quantitative estimate of drug-likeness (QED) is 0.540. The van der Waals surface area contributed by atoms with E-state index < -0.39 is 0 Å². The predicted molar refractivity (Wildman–Crippen MR) is 107 cm³/mol. The number of benzene rings is 2. The second-order valence-electron chi connectivity index (χ2n) is 5.82. The Balaban J connectivity index is 1.72. The number of methoxy groups -OCH3 is 1. The highest BCUT2D eigenvalue weighted by Crippen LogP contribution is 2.31. The van der Waals surface area contributed by atoms with E-state index in [0.717, 1.165) is 10.4 Å². The summed E-state index contributed by atoms with van der Waals surface area (Å²) in [5.74, 6) is 0.746. The SMILES string of the molecule is COc1ccccc1C(=O)Nc1cc(C)nn1-c1nc2c(Cl)cccc2s1. The van der Waals surface area contributed by atoms with Crippen LogP contribution < -0.4 is 10.1 Å². The van der Waals surface area contributed by atoms with E-state index in [9.17, 15) is 4.79 Å². The van der Waals surface area contributed by atoms with Crippen molar-refractivity contribution in [3.63, 3.8) is 0 Å². The van der Waals surface area contributed by atoms with Gasteiger partial charge in [0, 0.05) is 6.07 Å². The number of ether oxygens (including phenoxy) is 1. The minimum atomic E-state index is -0.284. The predicted octanol–water partition coefficient (Wildman–Crippen LogP) is 4.70. The number of amides is 1. The molecular formula is C19H15ClN4O2S. The van der Waals surface area contributed by atoms with Gasteiger partial charge in [-0.1, -0.05) is 41.1 Å². The first kappa shape index (κ1) is 17.5. The fraction of sp³-hybridized carbons (Fsp3) is 0.105. The van der Waals surface area contributed by atoms with Gasteiger partial charge in [-0.3, -0.25) is 4.79 Å². The lowest BCUT2D eigenvalue weighted by atomic mass is 10.2. The third-order valence-corrected chi connectivity index (χ3v) is 5.27. The monoisotopic (exact) mass is 398 g/mol. The molecule has 4 rings (SSSR count). The van der Waals surface area contributed by atoms with Gasteiger partial charge < -0.3 is 10.1 Å². The van der Waals surface area contributed by atoms with E-state index in [4.69, 9.17) is 16.3 Å². The number of para-hydroxylation sites is 2. The lowest BCUT2D eigenvalue weighted by molar-refractivity contribution is 0.102. The Morgan fingerprint density at radius 1 is 1.22 bits per heavy atom. The minimum absolute atomic E-state index is 0.284. The summed E-state index contributed by atoms with van der Waals surface area (Å²) in [6.07, 6.45) is 0. The average Bonchev–Trinajstić information content (AvgIpc) is 3.25. The van der Waals surface area contributed by atoms with Crippen LogP contribution in [-0.2, 0) is 0 Å². The van der Waals surface area contributed by atoms with Gasteiger partial charge in [0.1, 0.15) is 17.1 Å². The Kier molecular flexibility index (Phi) is 4.55. The molecule has 136 valence electrons. The maximum Gasteiger partial charge on any atom is 0.260 e. The molecule has 2 heterocycles. The van der Waals surface area contributed by atoms with E-state index >= 15 is 0 Å². The number of aromatic nitrogens is 3. The van der Waals surface area contributed by atoms with E-state index in [2.05, 4.69) is 15.4 Å². The Bertz CT molecular complexity index is 1150. The Hall–Kier alpha value is -2.90. The van der Waals surface area contributed by atoms with Gasteiger partial charge >= 0.3 is 0 Å². The number of anilines is 1. The number of carbonyl (C=O) groups is 1. The lowest BCUT2D eigenvalue weighted by Gasteiger charge is -2.09. The average molecular weight is 399 g/mol. The highest BCUT2D eigenvalue weighted by atomic mass is 35.5. The highest BCUT2D eigenvalue weighted by Gasteiger charge is 2.18. The molecule has 0 bridgehead atoms. The smallest absolute Gasteiger partial charge is 0.260 e. The molecule has 0 saturated heterocycles. The van der Waals surface area contributed by atoms with E-state index in [0.29, 0.717) is 32.8 Å². The van der Waals surface area contributed by atoms with Crippen LogP contribution in [0.15, 0.2) is 48.5 Å². The van der Waals surface area contributed by atoms with Crippen molar-refractivity contribution >= 4 is 44.9 Å². The van der Waals surface area contributed by atoms with Crippen molar-refractivity contribution in [1.82, 2.24) is 14.8 Å². The zero-order valence-corrected chi connectivity index (χ0v) is 16.1. The number of rotatable bonds is 4. The van der Waals surface area contributed by atoms with Gasteiger partial charge in [0.15, 0.2) is 0 Å². The molecule has 0 aliphatic heterocycles. The summed E-state index contributed by atoms with van der Waals surface area (Å²) in [6.45, 7) is 1.86. The lowest BCUT2D eigenvalue weighted by Crippen LogP contribution is -2.16. The van der Waals surface area contributed by atoms with E-state index in [-0.39, 0.29) is 5.91 Å². The molecule has 6 nitrogen and oxygen atoms in total. The van der Waals surface area contributed by atoms with Crippen molar-refractivity contribution in [2.45, 2.75) is 6.92 Å². The number of nitrogens with zero attached hydrogens (tertiary/aromatic N) is 3. The Morgan fingerprint density at radius 3 is 2.81 bits per heavy atom. The number of fused-ring (bicyclic) bond motifs is 1. The first-order valence-corrected chi connectivity index (χ1v) is 9.32. The number of hydrogen-bond donors (Lipinski definition) is 1. The van der Waals surface area contributed by atoms with Gasteiger partial charge in [0.25, 0.3) is 5.91 Å². The minimum Gasteiger partial charge on any atom is -0.496 e. The van der Waals surface area contributed by atoms with Crippen LogP contribution in [0.5, 0.6) is 5.75 Å². The van der Waals surface area contributed by atoms with Crippen molar-refractivity contribution in [2.75, 3.05) is 12.4 Å². The Labute approximate surface area is 164 Å². The first-order chi connectivity index (χ1) is 13.1. The number of halogens is 1. The summed E-state index contributed by atoms with van der Waals surface area (Å²) in [7, 11) is 1.53. The standard InChI is InChI=1S/C19H15ClN4O2S/c1-11-10-16(21-18(25)12-6-3-4-8-14(12)26-2)24(23-11)19-22-17-13(20)7-5-9-15(17)27-19/h3-10H,1-2H3,(H,21,25). The zero-order valence-electron chi connectivity index (χ0n) is 14.6. The molecule has 0 unspecified atom stereocenters. The van der Waals surface area contributed by atoms with Gasteiger partial charge in [-0.05, 0) is 31.2 Å². The molecule has 0 spiro atoms. The van der Waals surface area contributed by atoms with Crippen molar-refractivity contribution in [2.24, 2.45) is 0 Å². The number of aryl methyl sites for hydroxylation is 1. The van der Waals surface area contributed by atoms with Crippen LogP contribution in [0.3, 0.4) is 0 Å². The molecule has 2 aromatic heterocycles. The van der Waals surface area contributed by atoms with Crippen LogP contribution in [0.2, 0.25) is 5.02 Å². The normalized spacial score (nSPS) is 10.9. The van der Waals surface area contributed by atoms with Gasteiger partial charge in [0.2, 0.25) is 5.13 Å². The number of nitrogens with one attached hydrogen (secondary N) is 1. The second kappa shape index (κ2) is 7.02. The number of hydrogen-bond acceptors (Lipinski definition) is 5. The molecule has 0 aliphatic rings. The van der Waals surface area contributed by atoms with Crippen molar-refractivity contribution < 1.29 is 9.53 Å². The summed E-state index contributed by atoms with van der Waals surface area (Å²) in [5, 5.41) is 8.57. The second-order valence-corrected chi connectivity index (χ2v) is 7.24. The molecule has 1 N–H and O–H groups in total. The van der Waals surface area contributed by atoms with E-state index in [1.807, 2.05) is 25.1 Å². The maximum absolute atomic E-state index is 12.7. The van der Waals surface area contributed by atoms with E-state index in [1.54, 1.807) is 35.0 Å².